The molecule has 0 aliphatic carbocycles. The van der Waals surface area contributed by atoms with E-state index in [0.29, 0.717) is 12.5 Å². The third-order valence-corrected chi connectivity index (χ3v) is 5.61. The number of nitrogens with zero attached hydrogens (tertiary/aromatic N) is 5. The number of benzene rings is 1. The Morgan fingerprint density at radius 3 is 3.00 bits per heavy atom. The molecular weight excluding hydrogens is 386 g/mol. The standard InChI is InChI=1S/C21H26ClN7/c1-15-6-7-17(22)11-18(15)28-10-8-16(14-28)12-24-21(23-2)25-13-20-27-26-19-5-3-4-9-29(19)20/h3-7,9,11,16H,8,10,12-14H2,1-2H3,(H2,23,24,25). The topological polar surface area (TPSA) is 69.8 Å². The molecule has 0 radical (unpaired) electrons. The Morgan fingerprint density at radius 2 is 2.14 bits per heavy atom. The molecule has 3 heterocycles. The van der Waals surface area contributed by atoms with Crippen molar-refractivity contribution in [2.45, 2.75) is 19.9 Å². The highest BCUT2D eigenvalue weighted by atomic mass is 35.5. The van der Waals surface area contributed by atoms with Gasteiger partial charge in [-0.15, -0.1) is 10.2 Å². The maximum Gasteiger partial charge on any atom is 0.191 e. The van der Waals surface area contributed by atoms with E-state index < -0.39 is 0 Å². The number of fused-ring (bicyclic) bond motifs is 1. The van der Waals surface area contributed by atoms with E-state index in [9.17, 15) is 0 Å². The van der Waals surface area contributed by atoms with Crippen molar-refractivity contribution >= 4 is 28.9 Å². The molecule has 7 nitrogen and oxygen atoms in total. The van der Waals surface area contributed by atoms with Gasteiger partial charge in [-0.1, -0.05) is 23.7 Å². The Morgan fingerprint density at radius 1 is 1.24 bits per heavy atom. The van der Waals surface area contributed by atoms with Crippen molar-refractivity contribution in [3.05, 3.63) is 59.0 Å². The Labute approximate surface area is 175 Å². The molecular formula is C21H26ClN7. The highest BCUT2D eigenvalue weighted by Gasteiger charge is 2.24. The van der Waals surface area contributed by atoms with E-state index >= 15 is 0 Å². The van der Waals surface area contributed by atoms with Gasteiger partial charge in [0.05, 0.1) is 6.54 Å². The summed E-state index contributed by atoms with van der Waals surface area (Å²) in [4.78, 5) is 6.76. The van der Waals surface area contributed by atoms with Gasteiger partial charge in [-0.3, -0.25) is 9.39 Å². The Bertz CT molecular complexity index is 1010. The molecule has 1 fully saturated rings. The summed E-state index contributed by atoms with van der Waals surface area (Å²) in [5, 5.41) is 16.0. The van der Waals surface area contributed by atoms with Crippen molar-refractivity contribution in [2.24, 2.45) is 10.9 Å². The average molecular weight is 412 g/mol. The van der Waals surface area contributed by atoms with Gasteiger partial charge in [-0.2, -0.15) is 0 Å². The molecule has 3 aromatic rings. The minimum atomic E-state index is 0.556. The van der Waals surface area contributed by atoms with Gasteiger partial charge in [0.1, 0.15) is 0 Å². The minimum absolute atomic E-state index is 0.556. The SMILES string of the molecule is CN=C(NCc1nnc2ccccn12)NCC1CCN(c2cc(Cl)ccc2C)C1. The molecule has 1 aliphatic heterocycles. The third kappa shape index (κ3) is 4.45. The van der Waals surface area contributed by atoms with Crippen molar-refractivity contribution in [1.29, 1.82) is 0 Å². The summed E-state index contributed by atoms with van der Waals surface area (Å²) in [6.45, 7) is 5.63. The van der Waals surface area contributed by atoms with Crippen LogP contribution in [0.15, 0.2) is 47.6 Å². The molecule has 2 N–H and O–H groups in total. The molecule has 0 saturated carbocycles. The Balaban J connectivity index is 1.29. The largest absolute Gasteiger partial charge is 0.371 e. The van der Waals surface area contributed by atoms with E-state index in [4.69, 9.17) is 11.6 Å². The maximum absolute atomic E-state index is 6.19. The zero-order valence-corrected chi connectivity index (χ0v) is 17.5. The molecule has 0 spiro atoms. The van der Waals surface area contributed by atoms with Gasteiger partial charge in [-0.05, 0) is 49.1 Å². The molecule has 1 atom stereocenters. The van der Waals surface area contributed by atoms with Gasteiger partial charge >= 0.3 is 0 Å². The zero-order chi connectivity index (χ0) is 20.2. The lowest BCUT2D eigenvalue weighted by atomic mass is 10.1. The van der Waals surface area contributed by atoms with Crippen LogP contribution in [0.3, 0.4) is 0 Å². The average Bonchev–Trinajstić information content (AvgIpc) is 3.37. The fourth-order valence-corrected chi connectivity index (χ4v) is 3.94. The first-order valence-electron chi connectivity index (χ1n) is 9.88. The van der Waals surface area contributed by atoms with Crippen LogP contribution in [0.1, 0.15) is 17.8 Å². The van der Waals surface area contributed by atoms with Gasteiger partial charge in [0.25, 0.3) is 0 Å². The number of halogens is 1. The van der Waals surface area contributed by atoms with Crippen LogP contribution in [0.25, 0.3) is 5.65 Å². The monoisotopic (exact) mass is 411 g/mol. The van der Waals surface area contributed by atoms with E-state index in [1.54, 1.807) is 7.05 Å². The van der Waals surface area contributed by atoms with Gasteiger partial charge < -0.3 is 15.5 Å². The molecule has 1 aliphatic rings. The van der Waals surface area contributed by atoms with Crippen LogP contribution < -0.4 is 15.5 Å². The number of nitrogens with one attached hydrogen (secondary N) is 2. The third-order valence-electron chi connectivity index (χ3n) is 5.38. The van der Waals surface area contributed by atoms with Crippen LogP contribution in [0.2, 0.25) is 5.02 Å². The second kappa shape index (κ2) is 8.69. The number of aliphatic imine (C=N–C) groups is 1. The molecule has 8 heteroatoms. The lowest BCUT2D eigenvalue weighted by Gasteiger charge is -2.21. The lowest BCUT2D eigenvalue weighted by Crippen LogP contribution is -2.40. The highest BCUT2D eigenvalue weighted by Crippen LogP contribution is 2.29. The molecule has 152 valence electrons. The number of aryl methyl sites for hydroxylation is 1. The first-order chi connectivity index (χ1) is 14.1. The molecule has 1 saturated heterocycles. The molecule has 2 aromatic heterocycles. The molecule has 0 amide bonds. The van der Waals surface area contributed by atoms with Crippen LogP contribution in [-0.2, 0) is 6.54 Å². The van der Waals surface area contributed by atoms with Crippen molar-refractivity contribution in [1.82, 2.24) is 25.2 Å². The summed E-state index contributed by atoms with van der Waals surface area (Å²) >= 11 is 6.19. The summed E-state index contributed by atoms with van der Waals surface area (Å²) in [6, 6.07) is 12.0. The number of anilines is 1. The minimum Gasteiger partial charge on any atom is -0.371 e. The van der Waals surface area contributed by atoms with E-state index in [0.717, 1.165) is 48.5 Å². The van der Waals surface area contributed by atoms with Crippen LogP contribution in [-0.4, -0.2) is 47.2 Å². The van der Waals surface area contributed by atoms with Crippen molar-refractivity contribution in [3.63, 3.8) is 0 Å². The van der Waals surface area contributed by atoms with Crippen LogP contribution in [0.5, 0.6) is 0 Å². The lowest BCUT2D eigenvalue weighted by molar-refractivity contribution is 0.565. The number of hydrogen-bond donors (Lipinski definition) is 2. The maximum atomic E-state index is 6.19. The van der Waals surface area contributed by atoms with Crippen molar-refractivity contribution < 1.29 is 0 Å². The Kier molecular flexibility index (Phi) is 5.85. The predicted molar refractivity (Wildman–Crippen MR) is 118 cm³/mol. The summed E-state index contributed by atoms with van der Waals surface area (Å²) in [5.41, 5.74) is 3.34. The zero-order valence-electron chi connectivity index (χ0n) is 16.8. The first-order valence-corrected chi connectivity index (χ1v) is 10.3. The van der Waals surface area contributed by atoms with E-state index in [1.807, 2.05) is 34.9 Å². The van der Waals surface area contributed by atoms with E-state index in [-0.39, 0.29) is 0 Å². The van der Waals surface area contributed by atoms with Gasteiger partial charge in [0.15, 0.2) is 17.4 Å². The van der Waals surface area contributed by atoms with Gasteiger partial charge in [0.2, 0.25) is 0 Å². The molecule has 1 aromatic carbocycles. The summed E-state index contributed by atoms with van der Waals surface area (Å²) in [6.07, 6.45) is 3.11. The fourth-order valence-electron chi connectivity index (χ4n) is 3.78. The number of guanidine groups is 1. The summed E-state index contributed by atoms with van der Waals surface area (Å²) < 4.78 is 1.97. The smallest absolute Gasteiger partial charge is 0.191 e. The Hall–Kier alpha value is -2.80. The highest BCUT2D eigenvalue weighted by molar-refractivity contribution is 6.30. The van der Waals surface area contributed by atoms with E-state index in [1.165, 1.54) is 11.3 Å². The molecule has 4 rings (SSSR count). The van der Waals surface area contributed by atoms with Crippen molar-refractivity contribution in [2.75, 3.05) is 31.6 Å². The first kappa shape index (κ1) is 19.5. The van der Waals surface area contributed by atoms with Crippen LogP contribution in [0.4, 0.5) is 5.69 Å². The summed E-state index contributed by atoms with van der Waals surface area (Å²) in [5.74, 6) is 2.18. The second-order valence-corrected chi connectivity index (χ2v) is 7.82. The quantitative estimate of drug-likeness (QED) is 0.499. The summed E-state index contributed by atoms with van der Waals surface area (Å²) in [7, 11) is 1.79. The number of aromatic nitrogens is 3. The van der Waals surface area contributed by atoms with E-state index in [2.05, 4.69) is 49.8 Å². The predicted octanol–water partition coefficient (Wildman–Crippen LogP) is 2.88. The number of rotatable bonds is 5. The second-order valence-electron chi connectivity index (χ2n) is 7.38. The van der Waals surface area contributed by atoms with Crippen molar-refractivity contribution in [3.8, 4) is 0 Å². The fraction of sp³-hybridized carbons (Fsp3) is 0.381. The van der Waals surface area contributed by atoms with Crippen LogP contribution in [0, 0.1) is 12.8 Å². The van der Waals surface area contributed by atoms with Crippen LogP contribution >= 0.6 is 11.6 Å². The molecule has 0 bridgehead atoms. The number of hydrogen-bond acceptors (Lipinski definition) is 4. The van der Waals surface area contributed by atoms with Gasteiger partial charge in [0, 0.05) is 43.6 Å². The number of pyridine rings is 1. The normalized spacial score (nSPS) is 17.1. The molecule has 29 heavy (non-hydrogen) atoms. The van der Waals surface area contributed by atoms with Gasteiger partial charge in [-0.25, -0.2) is 0 Å². The molecule has 1 unspecified atom stereocenters.